The third-order valence-electron chi connectivity index (χ3n) is 3.92. The van der Waals surface area contributed by atoms with Gasteiger partial charge in [0.15, 0.2) is 11.5 Å². The first-order valence-electron chi connectivity index (χ1n) is 9.03. The minimum Gasteiger partial charge on any atom is -0.493 e. The number of carbonyl (C=O) groups excluding carboxylic acids is 2. The van der Waals surface area contributed by atoms with Gasteiger partial charge in [0.25, 0.3) is 11.8 Å². The van der Waals surface area contributed by atoms with Gasteiger partial charge in [-0.1, -0.05) is 13.8 Å². The Bertz CT molecular complexity index is 824. The smallest absolute Gasteiger partial charge is 0.269 e. The number of amides is 2. The lowest BCUT2D eigenvalue weighted by molar-refractivity contribution is 0.0846. The zero-order chi connectivity index (χ0) is 21.4. The second-order valence-corrected chi connectivity index (χ2v) is 6.55. The molecular weight excluding hydrogens is 376 g/mol. The first-order valence-corrected chi connectivity index (χ1v) is 9.03. The van der Waals surface area contributed by atoms with Crippen LogP contribution >= 0.6 is 0 Å². The predicted octanol–water partition coefficient (Wildman–Crippen LogP) is 2.82. The van der Waals surface area contributed by atoms with Crippen LogP contribution in [0.3, 0.4) is 0 Å². The quantitative estimate of drug-likeness (QED) is 0.660. The second kappa shape index (κ2) is 10.2. The molecule has 2 N–H and O–H groups in total. The number of ether oxygens (including phenoxy) is 4. The topological polar surface area (TPSA) is 95.1 Å². The van der Waals surface area contributed by atoms with E-state index in [1.54, 1.807) is 24.3 Å². The molecule has 0 atom stereocenters. The van der Waals surface area contributed by atoms with Gasteiger partial charge < -0.3 is 18.9 Å². The summed E-state index contributed by atoms with van der Waals surface area (Å²) in [6, 6.07) is 9.64. The zero-order valence-corrected chi connectivity index (χ0v) is 17.2. The van der Waals surface area contributed by atoms with Crippen molar-refractivity contribution in [2.45, 2.75) is 13.8 Å². The Hall–Kier alpha value is -3.42. The molecule has 0 aliphatic rings. The fourth-order valence-electron chi connectivity index (χ4n) is 2.44. The van der Waals surface area contributed by atoms with E-state index < -0.39 is 11.8 Å². The van der Waals surface area contributed by atoms with E-state index in [1.165, 1.54) is 33.5 Å². The van der Waals surface area contributed by atoms with Crippen LogP contribution in [0.5, 0.6) is 23.0 Å². The minimum absolute atomic E-state index is 0.234. The minimum atomic E-state index is -0.533. The van der Waals surface area contributed by atoms with Crippen molar-refractivity contribution in [2.75, 3.05) is 27.9 Å². The van der Waals surface area contributed by atoms with Crippen molar-refractivity contribution in [3.8, 4) is 23.0 Å². The Morgan fingerprint density at radius 1 is 0.828 bits per heavy atom. The van der Waals surface area contributed by atoms with E-state index in [1.807, 2.05) is 0 Å². The molecule has 0 aliphatic carbocycles. The molecule has 0 unspecified atom stereocenters. The van der Waals surface area contributed by atoms with Gasteiger partial charge in [-0.15, -0.1) is 0 Å². The van der Waals surface area contributed by atoms with Crippen LogP contribution in [0.2, 0.25) is 0 Å². The van der Waals surface area contributed by atoms with Gasteiger partial charge in [-0.05, 0) is 42.3 Å². The first-order chi connectivity index (χ1) is 13.9. The van der Waals surface area contributed by atoms with Crippen LogP contribution in [0, 0.1) is 5.92 Å². The molecule has 2 amide bonds. The summed E-state index contributed by atoms with van der Waals surface area (Å²) in [7, 11) is 4.38. The molecule has 156 valence electrons. The number of hydrazine groups is 1. The van der Waals surface area contributed by atoms with Crippen LogP contribution in [-0.2, 0) is 0 Å². The molecule has 0 aromatic heterocycles. The molecule has 2 rings (SSSR count). The molecule has 0 heterocycles. The second-order valence-electron chi connectivity index (χ2n) is 6.55. The van der Waals surface area contributed by atoms with E-state index in [9.17, 15) is 9.59 Å². The number of rotatable bonds is 8. The maximum atomic E-state index is 12.4. The Balaban J connectivity index is 2.02. The summed E-state index contributed by atoms with van der Waals surface area (Å²) in [5.41, 5.74) is 5.36. The first kappa shape index (κ1) is 21.9. The Morgan fingerprint density at radius 2 is 1.34 bits per heavy atom. The van der Waals surface area contributed by atoms with Gasteiger partial charge in [-0.3, -0.25) is 20.4 Å². The number of benzene rings is 2. The Morgan fingerprint density at radius 3 is 1.79 bits per heavy atom. The lowest BCUT2D eigenvalue weighted by Crippen LogP contribution is -2.41. The zero-order valence-electron chi connectivity index (χ0n) is 17.2. The molecule has 0 fully saturated rings. The van der Waals surface area contributed by atoms with Crippen molar-refractivity contribution in [3.63, 3.8) is 0 Å². The van der Waals surface area contributed by atoms with Crippen LogP contribution in [0.4, 0.5) is 0 Å². The molecule has 0 radical (unpaired) electrons. The Labute approximate surface area is 170 Å². The van der Waals surface area contributed by atoms with Gasteiger partial charge in [0.2, 0.25) is 5.75 Å². The largest absolute Gasteiger partial charge is 0.493 e. The van der Waals surface area contributed by atoms with E-state index in [0.717, 1.165) is 0 Å². The molecule has 0 aliphatic heterocycles. The van der Waals surface area contributed by atoms with E-state index in [2.05, 4.69) is 24.7 Å². The van der Waals surface area contributed by atoms with Crippen molar-refractivity contribution in [1.82, 2.24) is 10.9 Å². The maximum Gasteiger partial charge on any atom is 0.269 e. The van der Waals surface area contributed by atoms with Crippen LogP contribution in [-0.4, -0.2) is 39.8 Å². The number of methoxy groups -OCH3 is 3. The molecule has 0 saturated heterocycles. The van der Waals surface area contributed by atoms with Gasteiger partial charge in [0, 0.05) is 11.1 Å². The molecule has 8 heteroatoms. The lowest BCUT2D eigenvalue weighted by Gasteiger charge is -2.14. The lowest BCUT2D eigenvalue weighted by atomic mass is 10.1. The monoisotopic (exact) mass is 402 g/mol. The summed E-state index contributed by atoms with van der Waals surface area (Å²) >= 11 is 0. The van der Waals surface area contributed by atoms with Crippen LogP contribution in [0.15, 0.2) is 36.4 Å². The molecule has 0 bridgehead atoms. The summed E-state index contributed by atoms with van der Waals surface area (Å²) in [6.45, 7) is 4.70. The van der Waals surface area contributed by atoms with E-state index >= 15 is 0 Å². The normalized spacial score (nSPS) is 10.3. The van der Waals surface area contributed by atoms with Crippen LogP contribution in [0.1, 0.15) is 34.6 Å². The van der Waals surface area contributed by atoms with Gasteiger partial charge in [-0.2, -0.15) is 0 Å². The third-order valence-corrected chi connectivity index (χ3v) is 3.92. The van der Waals surface area contributed by atoms with Crippen molar-refractivity contribution >= 4 is 11.8 Å². The predicted molar refractivity (Wildman–Crippen MR) is 108 cm³/mol. The average molecular weight is 402 g/mol. The number of hydrogen-bond acceptors (Lipinski definition) is 6. The number of hydrogen-bond donors (Lipinski definition) is 2. The highest BCUT2D eigenvalue weighted by molar-refractivity contribution is 5.99. The molecule has 2 aromatic rings. The van der Waals surface area contributed by atoms with Crippen molar-refractivity contribution < 1.29 is 28.5 Å². The highest BCUT2D eigenvalue weighted by Gasteiger charge is 2.17. The summed E-state index contributed by atoms with van der Waals surface area (Å²) < 4.78 is 21.3. The molecule has 0 spiro atoms. The molecule has 0 saturated carbocycles. The van der Waals surface area contributed by atoms with E-state index in [4.69, 9.17) is 18.9 Å². The highest BCUT2D eigenvalue weighted by atomic mass is 16.5. The van der Waals surface area contributed by atoms with Crippen molar-refractivity contribution in [3.05, 3.63) is 47.5 Å². The Kier molecular flexibility index (Phi) is 7.70. The molecule has 8 nitrogen and oxygen atoms in total. The van der Waals surface area contributed by atoms with Gasteiger partial charge in [0.05, 0.1) is 27.9 Å². The highest BCUT2D eigenvalue weighted by Crippen LogP contribution is 2.38. The summed E-state index contributed by atoms with van der Waals surface area (Å²) in [5, 5.41) is 0. The third kappa shape index (κ3) is 5.78. The standard InChI is InChI=1S/C21H26N2O6/c1-13(2)12-29-16-8-6-14(7-9-16)20(24)22-23-21(25)15-10-17(26-3)19(28-5)18(11-15)27-4/h6-11,13H,12H2,1-5H3,(H,22,24)(H,23,25). The molecule has 29 heavy (non-hydrogen) atoms. The molecular formula is C21H26N2O6. The number of carbonyl (C=O) groups is 2. The summed E-state index contributed by atoms with van der Waals surface area (Å²) in [6.07, 6.45) is 0. The van der Waals surface area contributed by atoms with Crippen LogP contribution in [0.25, 0.3) is 0 Å². The number of nitrogens with one attached hydrogen (secondary N) is 2. The van der Waals surface area contributed by atoms with Gasteiger partial charge >= 0.3 is 0 Å². The van der Waals surface area contributed by atoms with Crippen LogP contribution < -0.4 is 29.8 Å². The van der Waals surface area contributed by atoms with Gasteiger partial charge in [-0.25, -0.2) is 0 Å². The van der Waals surface area contributed by atoms with Gasteiger partial charge in [0.1, 0.15) is 5.75 Å². The van der Waals surface area contributed by atoms with E-state index in [0.29, 0.717) is 41.1 Å². The summed E-state index contributed by atoms with van der Waals surface area (Å²) in [4.78, 5) is 24.7. The van der Waals surface area contributed by atoms with E-state index in [-0.39, 0.29) is 5.56 Å². The summed E-state index contributed by atoms with van der Waals surface area (Å²) in [5.74, 6) is 1.13. The average Bonchev–Trinajstić information content (AvgIpc) is 2.74. The SMILES string of the molecule is COc1cc(C(=O)NNC(=O)c2ccc(OCC(C)C)cc2)cc(OC)c1OC. The maximum absolute atomic E-state index is 12.4. The molecule has 2 aromatic carbocycles. The van der Waals surface area contributed by atoms with Crippen molar-refractivity contribution in [2.24, 2.45) is 5.92 Å². The fraction of sp³-hybridized carbons (Fsp3) is 0.333. The van der Waals surface area contributed by atoms with Crippen molar-refractivity contribution in [1.29, 1.82) is 0 Å². The fourth-order valence-corrected chi connectivity index (χ4v) is 2.44.